The van der Waals surface area contributed by atoms with Crippen molar-refractivity contribution in [2.24, 2.45) is 4.99 Å². The van der Waals surface area contributed by atoms with Crippen LogP contribution in [0.5, 0.6) is 5.75 Å². The average molecular weight is 513 g/mol. The quantitative estimate of drug-likeness (QED) is 0.138. The van der Waals surface area contributed by atoms with Gasteiger partial charge in [0.2, 0.25) is 0 Å². The Bertz CT molecular complexity index is 705. The van der Waals surface area contributed by atoms with Crippen molar-refractivity contribution < 1.29 is 13.9 Å². The van der Waals surface area contributed by atoms with Gasteiger partial charge < -0.3 is 24.5 Å². The van der Waals surface area contributed by atoms with Crippen LogP contribution in [0.3, 0.4) is 0 Å². The summed E-state index contributed by atoms with van der Waals surface area (Å²) in [6, 6.07) is 11.8. The van der Waals surface area contributed by atoms with Gasteiger partial charge in [-0.15, -0.1) is 24.0 Å². The monoisotopic (exact) mass is 513 g/mol. The van der Waals surface area contributed by atoms with Gasteiger partial charge >= 0.3 is 0 Å². The maximum atomic E-state index is 5.72. The highest BCUT2D eigenvalue weighted by Gasteiger charge is 2.04. The lowest BCUT2D eigenvalue weighted by Gasteiger charge is -2.13. The number of nitrogens with zero attached hydrogens (tertiary/aromatic N) is 1. The summed E-state index contributed by atoms with van der Waals surface area (Å²) in [6.07, 6.45) is 5.15. The summed E-state index contributed by atoms with van der Waals surface area (Å²) in [7, 11) is 0. The first-order valence-electron chi connectivity index (χ1n) is 9.77. The van der Waals surface area contributed by atoms with Crippen LogP contribution in [0.2, 0.25) is 0 Å². The molecule has 0 saturated carbocycles. The van der Waals surface area contributed by atoms with Gasteiger partial charge in [0.1, 0.15) is 18.1 Å². The highest BCUT2D eigenvalue weighted by Crippen LogP contribution is 2.18. The summed E-state index contributed by atoms with van der Waals surface area (Å²) < 4.78 is 16.5. The molecule has 2 rings (SSSR count). The number of halogens is 1. The van der Waals surface area contributed by atoms with Crippen molar-refractivity contribution in [3.63, 3.8) is 0 Å². The minimum absolute atomic E-state index is 0. The van der Waals surface area contributed by atoms with E-state index >= 15 is 0 Å². The first-order valence-corrected chi connectivity index (χ1v) is 9.77. The summed E-state index contributed by atoms with van der Waals surface area (Å²) in [5, 5.41) is 6.73. The van der Waals surface area contributed by atoms with Crippen molar-refractivity contribution in [1.29, 1.82) is 0 Å². The van der Waals surface area contributed by atoms with E-state index in [1.54, 1.807) is 12.3 Å². The molecule has 160 valence electrons. The zero-order chi connectivity index (χ0) is 19.9. The summed E-state index contributed by atoms with van der Waals surface area (Å²) in [5.74, 6) is 2.55. The van der Waals surface area contributed by atoms with Gasteiger partial charge in [0.25, 0.3) is 0 Å². The minimum Gasteiger partial charge on any atom is -0.489 e. The van der Waals surface area contributed by atoms with E-state index in [4.69, 9.17) is 18.9 Å². The summed E-state index contributed by atoms with van der Waals surface area (Å²) in [4.78, 5) is 4.72. The standard InChI is InChI=1S/C22H31N3O3.HI/c1-3-15-28-21-11-6-5-9-19(21)18-25-22(23-13-8-16-26-4-2)24-14-12-20-10-7-17-27-20;/h3,5-7,9-11,17H,1,4,8,12-16,18H2,2H3,(H2,23,24,25);1H. The Labute approximate surface area is 190 Å². The fourth-order valence-electron chi connectivity index (χ4n) is 2.55. The van der Waals surface area contributed by atoms with Gasteiger partial charge in [0.15, 0.2) is 5.96 Å². The number of furan rings is 1. The molecule has 6 nitrogen and oxygen atoms in total. The van der Waals surface area contributed by atoms with Crippen molar-refractivity contribution in [1.82, 2.24) is 10.6 Å². The zero-order valence-corrected chi connectivity index (χ0v) is 19.4. The second-order valence-corrected chi connectivity index (χ2v) is 6.11. The summed E-state index contributed by atoms with van der Waals surface area (Å²) >= 11 is 0. The number of rotatable bonds is 13. The van der Waals surface area contributed by atoms with Crippen LogP contribution >= 0.6 is 24.0 Å². The predicted molar refractivity (Wildman–Crippen MR) is 128 cm³/mol. The lowest BCUT2D eigenvalue weighted by atomic mass is 10.2. The van der Waals surface area contributed by atoms with E-state index in [0.29, 0.717) is 13.2 Å². The first kappa shape index (κ1) is 25.0. The van der Waals surface area contributed by atoms with E-state index in [2.05, 4.69) is 17.2 Å². The Morgan fingerprint density at radius 3 is 2.76 bits per heavy atom. The van der Waals surface area contributed by atoms with Crippen molar-refractivity contribution in [2.75, 3.05) is 32.9 Å². The summed E-state index contributed by atoms with van der Waals surface area (Å²) in [6.45, 7) is 9.71. The minimum atomic E-state index is 0. The molecule has 0 aliphatic rings. The molecule has 0 atom stereocenters. The van der Waals surface area contributed by atoms with Gasteiger partial charge in [0, 0.05) is 38.3 Å². The maximum absolute atomic E-state index is 5.72. The third-order valence-electron chi connectivity index (χ3n) is 3.94. The third kappa shape index (κ3) is 10.4. The van der Waals surface area contributed by atoms with E-state index in [0.717, 1.165) is 62.2 Å². The molecule has 0 amide bonds. The molecule has 0 bridgehead atoms. The second kappa shape index (κ2) is 15.9. The van der Waals surface area contributed by atoms with Crippen LogP contribution in [0.15, 0.2) is 64.7 Å². The number of aliphatic imine (C=N–C) groups is 1. The molecule has 0 aliphatic carbocycles. The van der Waals surface area contributed by atoms with Crippen molar-refractivity contribution in [3.05, 3.63) is 66.6 Å². The smallest absolute Gasteiger partial charge is 0.191 e. The number of ether oxygens (including phenoxy) is 2. The van der Waals surface area contributed by atoms with Crippen LogP contribution in [0, 0.1) is 0 Å². The van der Waals surface area contributed by atoms with E-state index in [1.807, 2.05) is 43.3 Å². The largest absolute Gasteiger partial charge is 0.489 e. The Hall–Kier alpha value is -2.00. The van der Waals surface area contributed by atoms with Crippen molar-refractivity contribution >= 4 is 29.9 Å². The highest BCUT2D eigenvalue weighted by atomic mass is 127. The number of guanidine groups is 1. The lowest BCUT2D eigenvalue weighted by Crippen LogP contribution is -2.39. The Kier molecular flexibility index (Phi) is 13.7. The number of nitrogens with one attached hydrogen (secondary N) is 2. The molecule has 0 aliphatic heterocycles. The Balaban J connectivity index is 0.00000420. The number of benzene rings is 1. The van der Waals surface area contributed by atoms with Crippen LogP contribution in [-0.2, 0) is 17.7 Å². The van der Waals surface area contributed by atoms with Gasteiger partial charge in [-0.1, -0.05) is 30.9 Å². The van der Waals surface area contributed by atoms with Crippen LogP contribution in [0.1, 0.15) is 24.7 Å². The fourth-order valence-corrected chi connectivity index (χ4v) is 2.55. The Morgan fingerprint density at radius 2 is 2.00 bits per heavy atom. The van der Waals surface area contributed by atoms with E-state index in [9.17, 15) is 0 Å². The topological polar surface area (TPSA) is 68.0 Å². The SMILES string of the molecule is C=CCOc1ccccc1CN=C(NCCCOCC)NCCc1ccco1.I. The van der Waals surface area contributed by atoms with Gasteiger partial charge in [0.05, 0.1) is 12.8 Å². The average Bonchev–Trinajstić information content (AvgIpc) is 3.24. The van der Waals surface area contributed by atoms with E-state index in [-0.39, 0.29) is 24.0 Å². The molecule has 1 aromatic carbocycles. The third-order valence-corrected chi connectivity index (χ3v) is 3.94. The molecule has 2 N–H and O–H groups in total. The maximum Gasteiger partial charge on any atom is 0.191 e. The molecular formula is C22H32IN3O3. The molecule has 7 heteroatoms. The molecule has 0 fully saturated rings. The van der Waals surface area contributed by atoms with Crippen LogP contribution in [-0.4, -0.2) is 38.9 Å². The number of hydrogen-bond donors (Lipinski definition) is 2. The Morgan fingerprint density at radius 1 is 1.17 bits per heavy atom. The molecule has 29 heavy (non-hydrogen) atoms. The molecule has 0 saturated heterocycles. The molecule has 1 heterocycles. The zero-order valence-electron chi connectivity index (χ0n) is 17.1. The number of hydrogen-bond acceptors (Lipinski definition) is 4. The molecule has 2 aromatic rings. The highest BCUT2D eigenvalue weighted by molar-refractivity contribution is 14.0. The molecule has 0 unspecified atom stereocenters. The first-order chi connectivity index (χ1) is 13.8. The lowest BCUT2D eigenvalue weighted by molar-refractivity contribution is 0.145. The molecular weight excluding hydrogens is 481 g/mol. The van der Waals surface area contributed by atoms with Gasteiger partial charge in [-0.2, -0.15) is 0 Å². The van der Waals surface area contributed by atoms with Gasteiger partial charge in [-0.25, -0.2) is 4.99 Å². The number of para-hydroxylation sites is 1. The van der Waals surface area contributed by atoms with Crippen LogP contribution in [0.25, 0.3) is 0 Å². The molecule has 0 radical (unpaired) electrons. The van der Waals surface area contributed by atoms with Gasteiger partial charge in [-0.05, 0) is 31.5 Å². The van der Waals surface area contributed by atoms with Crippen LogP contribution in [0.4, 0.5) is 0 Å². The van der Waals surface area contributed by atoms with Crippen LogP contribution < -0.4 is 15.4 Å². The molecule has 1 aromatic heterocycles. The predicted octanol–water partition coefficient (Wildman–Crippen LogP) is 4.17. The normalized spacial score (nSPS) is 10.9. The second-order valence-electron chi connectivity index (χ2n) is 6.11. The summed E-state index contributed by atoms with van der Waals surface area (Å²) in [5.41, 5.74) is 1.03. The van der Waals surface area contributed by atoms with E-state index in [1.165, 1.54) is 0 Å². The fraction of sp³-hybridized carbons (Fsp3) is 0.409. The van der Waals surface area contributed by atoms with Crippen molar-refractivity contribution in [2.45, 2.75) is 26.3 Å². The van der Waals surface area contributed by atoms with Crippen molar-refractivity contribution in [3.8, 4) is 5.75 Å². The van der Waals surface area contributed by atoms with Gasteiger partial charge in [-0.3, -0.25) is 0 Å². The molecule has 0 spiro atoms. The van der Waals surface area contributed by atoms with E-state index < -0.39 is 0 Å².